The monoisotopic (exact) mass is 446 g/mol. The maximum absolute atomic E-state index is 12.6. The van der Waals surface area contributed by atoms with Crippen molar-refractivity contribution in [1.82, 2.24) is 4.90 Å². The smallest absolute Gasteiger partial charge is 0.341 e. The second-order valence-corrected chi connectivity index (χ2v) is 8.69. The molecular formula is C23H30N2O5S. The highest BCUT2D eigenvalue weighted by Crippen LogP contribution is 2.34. The number of carbonyl (C=O) groups excluding carboxylic acids is 3. The van der Waals surface area contributed by atoms with Gasteiger partial charge in [0, 0.05) is 0 Å². The van der Waals surface area contributed by atoms with Crippen molar-refractivity contribution in [3.05, 3.63) is 45.8 Å². The van der Waals surface area contributed by atoms with Crippen LogP contribution in [0.2, 0.25) is 0 Å². The fraction of sp³-hybridized carbons (Fsp3) is 0.435. The zero-order valence-electron chi connectivity index (χ0n) is 18.9. The highest BCUT2D eigenvalue weighted by Gasteiger charge is 2.26. The molecule has 1 aromatic heterocycles. The largest absolute Gasteiger partial charge is 0.483 e. The quantitative estimate of drug-likeness (QED) is 0.437. The van der Waals surface area contributed by atoms with Crippen molar-refractivity contribution in [1.29, 1.82) is 0 Å². The number of benzene rings is 1. The predicted octanol–water partition coefficient (Wildman–Crippen LogP) is 4.12. The van der Waals surface area contributed by atoms with E-state index in [9.17, 15) is 14.4 Å². The van der Waals surface area contributed by atoms with Gasteiger partial charge in [-0.2, -0.15) is 0 Å². The molecule has 1 N–H and O–H groups in total. The van der Waals surface area contributed by atoms with Gasteiger partial charge in [0.1, 0.15) is 10.8 Å². The summed E-state index contributed by atoms with van der Waals surface area (Å²) in [6.07, 6.45) is 0. The Bertz CT molecular complexity index is 949. The normalized spacial score (nSPS) is 11.0. The zero-order valence-corrected chi connectivity index (χ0v) is 19.7. The Morgan fingerprint density at radius 3 is 2.45 bits per heavy atom. The van der Waals surface area contributed by atoms with Gasteiger partial charge in [0.25, 0.3) is 5.91 Å². The van der Waals surface area contributed by atoms with Crippen molar-refractivity contribution in [3.8, 4) is 5.75 Å². The minimum Gasteiger partial charge on any atom is -0.483 e. The standard InChI is InChI=1S/C23H30N2O5S/c1-7-29-23(28)20-15(4)21(17(26)12-25(5)6)31-22(20)24-19(27)13-30-18-11-9-8-10-16(18)14(2)3/h8-11,14H,7,12-13H2,1-6H3,(H,24,27). The second kappa shape index (κ2) is 11.1. The van der Waals surface area contributed by atoms with E-state index in [0.29, 0.717) is 21.2 Å². The van der Waals surface area contributed by atoms with Gasteiger partial charge in [-0.05, 0) is 51.1 Å². The molecule has 0 unspecified atom stereocenters. The van der Waals surface area contributed by atoms with Crippen LogP contribution in [0, 0.1) is 6.92 Å². The average Bonchev–Trinajstić information content (AvgIpc) is 3.02. The average molecular weight is 447 g/mol. The lowest BCUT2D eigenvalue weighted by atomic mass is 10.0. The van der Waals surface area contributed by atoms with Gasteiger partial charge in [-0.25, -0.2) is 4.79 Å². The summed E-state index contributed by atoms with van der Waals surface area (Å²) in [4.78, 5) is 39.9. The molecule has 0 aliphatic heterocycles. The van der Waals surface area contributed by atoms with Gasteiger partial charge in [0.2, 0.25) is 0 Å². The molecule has 1 amide bonds. The number of carbonyl (C=O) groups is 3. The molecule has 0 radical (unpaired) electrons. The number of rotatable bonds is 10. The number of nitrogens with zero attached hydrogens (tertiary/aromatic N) is 1. The van der Waals surface area contributed by atoms with E-state index in [1.165, 1.54) is 0 Å². The molecule has 2 rings (SSSR count). The van der Waals surface area contributed by atoms with Gasteiger partial charge >= 0.3 is 5.97 Å². The summed E-state index contributed by atoms with van der Waals surface area (Å²) in [5.74, 6) is -0.221. The number of esters is 1. The number of anilines is 1. The van der Waals surface area contributed by atoms with Crippen LogP contribution < -0.4 is 10.1 Å². The molecule has 0 bridgehead atoms. The number of likely N-dealkylation sites (N-methyl/N-ethyl adjacent to an activating group) is 1. The van der Waals surface area contributed by atoms with Crippen LogP contribution in [0.5, 0.6) is 5.75 Å². The maximum Gasteiger partial charge on any atom is 0.341 e. The molecular weight excluding hydrogens is 416 g/mol. The summed E-state index contributed by atoms with van der Waals surface area (Å²) < 4.78 is 10.9. The summed E-state index contributed by atoms with van der Waals surface area (Å²) in [6, 6.07) is 7.56. The minimum atomic E-state index is -0.568. The number of thiophene rings is 1. The van der Waals surface area contributed by atoms with Crippen LogP contribution in [0.4, 0.5) is 5.00 Å². The number of nitrogens with one attached hydrogen (secondary N) is 1. The second-order valence-electron chi connectivity index (χ2n) is 7.67. The van der Waals surface area contributed by atoms with Crippen LogP contribution >= 0.6 is 11.3 Å². The Balaban J connectivity index is 2.23. The fourth-order valence-corrected chi connectivity index (χ4v) is 4.21. The molecule has 31 heavy (non-hydrogen) atoms. The number of hydrogen-bond acceptors (Lipinski definition) is 7. The Morgan fingerprint density at radius 2 is 1.84 bits per heavy atom. The number of Topliss-reactive ketones (excluding diaryl/α,β-unsaturated/α-hetero) is 1. The fourth-order valence-electron chi connectivity index (χ4n) is 3.07. The molecule has 0 saturated carbocycles. The molecule has 0 spiro atoms. The van der Waals surface area contributed by atoms with Crippen molar-refractivity contribution in [3.63, 3.8) is 0 Å². The summed E-state index contributed by atoms with van der Waals surface area (Å²) in [6.45, 7) is 7.67. The van der Waals surface area contributed by atoms with Gasteiger partial charge in [-0.1, -0.05) is 32.0 Å². The Labute approximate surface area is 187 Å². The molecule has 1 heterocycles. The number of ether oxygens (including phenoxy) is 2. The first-order chi connectivity index (χ1) is 14.6. The Morgan fingerprint density at radius 1 is 1.16 bits per heavy atom. The van der Waals surface area contributed by atoms with E-state index in [1.807, 2.05) is 24.3 Å². The highest BCUT2D eigenvalue weighted by atomic mass is 32.1. The molecule has 0 fully saturated rings. The van der Waals surface area contributed by atoms with Gasteiger partial charge in [0.15, 0.2) is 12.4 Å². The van der Waals surface area contributed by atoms with Crippen molar-refractivity contribution in [2.75, 3.05) is 39.2 Å². The molecule has 0 aliphatic rings. The zero-order chi connectivity index (χ0) is 23.1. The van der Waals surface area contributed by atoms with Crippen LogP contribution in [0.3, 0.4) is 0 Å². The van der Waals surface area contributed by atoms with E-state index in [2.05, 4.69) is 19.2 Å². The van der Waals surface area contributed by atoms with Gasteiger partial charge < -0.3 is 19.7 Å². The maximum atomic E-state index is 12.6. The van der Waals surface area contributed by atoms with E-state index in [4.69, 9.17) is 9.47 Å². The first-order valence-electron chi connectivity index (χ1n) is 10.2. The first kappa shape index (κ1) is 24.6. The van der Waals surface area contributed by atoms with E-state index in [1.54, 1.807) is 32.8 Å². The molecule has 0 aliphatic carbocycles. The molecule has 8 heteroatoms. The van der Waals surface area contributed by atoms with Crippen LogP contribution in [0.25, 0.3) is 0 Å². The summed E-state index contributed by atoms with van der Waals surface area (Å²) in [5.41, 5.74) is 1.73. The number of amides is 1. The molecule has 0 saturated heterocycles. The van der Waals surface area contributed by atoms with E-state index >= 15 is 0 Å². The number of para-hydroxylation sites is 1. The molecule has 1 aromatic carbocycles. The summed E-state index contributed by atoms with van der Waals surface area (Å²) in [5, 5.41) is 3.02. The van der Waals surface area contributed by atoms with E-state index in [-0.39, 0.29) is 37.0 Å². The third-order valence-corrected chi connectivity index (χ3v) is 5.74. The predicted molar refractivity (Wildman–Crippen MR) is 123 cm³/mol. The topological polar surface area (TPSA) is 84.9 Å². The van der Waals surface area contributed by atoms with Crippen molar-refractivity contribution in [2.24, 2.45) is 0 Å². The third kappa shape index (κ3) is 6.38. The molecule has 2 aromatic rings. The van der Waals surface area contributed by atoms with Crippen LogP contribution in [-0.4, -0.2) is 56.4 Å². The third-order valence-electron chi connectivity index (χ3n) is 4.49. The van der Waals surface area contributed by atoms with Crippen LogP contribution in [-0.2, 0) is 9.53 Å². The molecule has 7 nitrogen and oxygen atoms in total. The number of ketones is 1. The van der Waals surface area contributed by atoms with Gasteiger partial charge in [-0.3, -0.25) is 9.59 Å². The van der Waals surface area contributed by atoms with Crippen LogP contribution in [0.15, 0.2) is 24.3 Å². The summed E-state index contributed by atoms with van der Waals surface area (Å²) >= 11 is 1.08. The van der Waals surface area contributed by atoms with E-state index in [0.717, 1.165) is 16.9 Å². The number of hydrogen-bond donors (Lipinski definition) is 1. The lowest BCUT2D eigenvalue weighted by Crippen LogP contribution is -2.21. The van der Waals surface area contributed by atoms with Crippen molar-refractivity contribution < 1.29 is 23.9 Å². The Hall–Kier alpha value is -2.71. The lowest BCUT2D eigenvalue weighted by molar-refractivity contribution is -0.118. The highest BCUT2D eigenvalue weighted by molar-refractivity contribution is 7.18. The molecule has 168 valence electrons. The SMILES string of the molecule is CCOC(=O)c1c(NC(=O)COc2ccccc2C(C)C)sc(C(=O)CN(C)C)c1C. The Kier molecular flexibility index (Phi) is 8.76. The van der Waals surface area contributed by atoms with Gasteiger partial charge in [-0.15, -0.1) is 11.3 Å². The van der Waals surface area contributed by atoms with Crippen LogP contribution in [0.1, 0.15) is 57.8 Å². The summed E-state index contributed by atoms with van der Waals surface area (Å²) in [7, 11) is 3.59. The van der Waals surface area contributed by atoms with Crippen molar-refractivity contribution >= 4 is 34.0 Å². The van der Waals surface area contributed by atoms with Crippen molar-refractivity contribution in [2.45, 2.75) is 33.6 Å². The molecule has 0 atom stereocenters. The van der Waals surface area contributed by atoms with Gasteiger partial charge in [0.05, 0.1) is 23.6 Å². The first-order valence-corrected chi connectivity index (χ1v) is 11.0. The lowest BCUT2D eigenvalue weighted by Gasteiger charge is -2.13. The minimum absolute atomic E-state index is 0.124. The van der Waals surface area contributed by atoms with E-state index < -0.39 is 11.9 Å².